The number of hydrogen-bond donors (Lipinski definition) is 1. The van der Waals surface area contributed by atoms with E-state index in [9.17, 15) is 18.0 Å². The third-order valence-corrected chi connectivity index (χ3v) is 9.07. The van der Waals surface area contributed by atoms with Crippen molar-refractivity contribution in [2.45, 2.75) is 11.6 Å². The Kier molecular flexibility index (Phi) is 8.67. The first-order valence-electron chi connectivity index (χ1n) is 13.4. The summed E-state index contributed by atoms with van der Waals surface area (Å²) in [4.78, 5) is 29.3. The molecule has 1 fully saturated rings. The van der Waals surface area contributed by atoms with Crippen molar-refractivity contribution in [1.29, 1.82) is 0 Å². The second-order valence-electron chi connectivity index (χ2n) is 10.0. The van der Waals surface area contributed by atoms with Crippen molar-refractivity contribution in [3.63, 3.8) is 0 Å². The molecule has 0 spiro atoms. The van der Waals surface area contributed by atoms with Gasteiger partial charge in [-0.05, 0) is 65.2 Å². The molecule has 0 saturated carbocycles. The third kappa shape index (κ3) is 6.35. The zero-order valence-electron chi connectivity index (χ0n) is 23.3. The molecule has 1 aliphatic heterocycles. The molecule has 1 aromatic heterocycles. The quantitative estimate of drug-likeness (QED) is 0.293. The number of sulfonamides is 1. The van der Waals surface area contributed by atoms with E-state index in [1.54, 1.807) is 12.1 Å². The lowest BCUT2D eigenvalue weighted by atomic mass is 9.99. The van der Waals surface area contributed by atoms with Gasteiger partial charge in [-0.25, -0.2) is 9.52 Å². The number of amides is 1. The summed E-state index contributed by atoms with van der Waals surface area (Å²) in [5.74, 6) is -1.43. The zero-order chi connectivity index (χ0) is 29.9. The van der Waals surface area contributed by atoms with E-state index < -0.39 is 21.9 Å². The number of nitrogens with one attached hydrogen (secondary N) is 1. The van der Waals surface area contributed by atoms with Crippen LogP contribution in [0, 0.1) is 0 Å². The Hall–Kier alpha value is -4.12. The minimum atomic E-state index is -4.21. The molecule has 42 heavy (non-hydrogen) atoms. The van der Waals surface area contributed by atoms with Crippen LogP contribution in [0.1, 0.15) is 26.4 Å². The highest BCUT2D eigenvalue weighted by Crippen LogP contribution is 2.27. The van der Waals surface area contributed by atoms with Gasteiger partial charge in [0.2, 0.25) is 0 Å². The fourth-order valence-corrected chi connectivity index (χ4v) is 6.40. The average Bonchev–Trinajstić information content (AvgIpc) is 3.40. The molecule has 2 heterocycles. The van der Waals surface area contributed by atoms with E-state index >= 15 is 0 Å². The van der Waals surface area contributed by atoms with E-state index in [2.05, 4.69) is 37.5 Å². The van der Waals surface area contributed by atoms with Crippen molar-refractivity contribution in [3.05, 3.63) is 107 Å². The number of methoxy groups -OCH3 is 1. The molecule has 4 aromatic rings. The van der Waals surface area contributed by atoms with Crippen LogP contribution < -0.4 is 9.62 Å². The summed E-state index contributed by atoms with van der Waals surface area (Å²) in [5, 5.41) is 0.496. The van der Waals surface area contributed by atoms with Gasteiger partial charge in [0.05, 0.1) is 7.11 Å². The molecule has 11 heteroatoms. The van der Waals surface area contributed by atoms with Gasteiger partial charge in [0.1, 0.15) is 5.69 Å². The lowest BCUT2D eigenvalue weighted by molar-refractivity contribution is 0.0589. The standard InChI is InChI=1S/C31H31ClN4O5S/c1-34-28(31(38)41-2)15-16-29(34)42(39,40)33-30(37)23-9-13-26(14-10-23)36-19-17-35(18-20-36)21-24-5-3-4-6-27(24)22-7-11-25(32)12-8-22/h3-16H,17-21H2,1-2H3,(H,33,37). The average molecular weight is 607 g/mol. The van der Waals surface area contributed by atoms with Crippen LogP contribution in [0.5, 0.6) is 0 Å². The number of esters is 1. The van der Waals surface area contributed by atoms with E-state index in [0.717, 1.165) is 44.0 Å². The number of nitrogens with zero attached hydrogens (tertiary/aromatic N) is 3. The fourth-order valence-electron chi connectivity index (χ4n) is 5.10. The topological polar surface area (TPSA) is 101 Å². The Bertz CT molecular complexity index is 1690. The number of piperazine rings is 1. The van der Waals surface area contributed by atoms with Gasteiger partial charge in [-0.3, -0.25) is 9.69 Å². The molecule has 0 atom stereocenters. The normalized spacial score (nSPS) is 14.0. The molecule has 9 nitrogen and oxygen atoms in total. The first-order valence-corrected chi connectivity index (χ1v) is 15.2. The van der Waals surface area contributed by atoms with E-state index in [4.69, 9.17) is 11.6 Å². The summed E-state index contributed by atoms with van der Waals surface area (Å²) in [6, 6.07) is 25.8. The van der Waals surface area contributed by atoms with Crippen LogP contribution >= 0.6 is 11.6 Å². The fraction of sp³-hybridized carbons (Fsp3) is 0.226. The molecule has 1 N–H and O–H groups in total. The summed E-state index contributed by atoms with van der Waals surface area (Å²) in [6.07, 6.45) is 0. The second-order valence-corrected chi connectivity index (χ2v) is 12.1. The maximum atomic E-state index is 12.8. The number of rotatable bonds is 8. The van der Waals surface area contributed by atoms with Crippen molar-refractivity contribution >= 4 is 39.2 Å². The Morgan fingerprint density at radius 2 is 1.55 bits per heavy atom. The van der Waals surface area contributed by atoms with Gasteiger partial charge in [0.25, 0.3) is 15.9 Å². The lowest BCUT2D eigenvalue weighted by Crippen LogP contribution is -2.46. The molecular formula is C31H31ClN4O5S. The number of halogens is 1. The molecule has 1 saturated heterocycles. The summed E-state index contributed by atoms with van der Waals surface area (Å²) in [5.41, 5.74) is 4.82. The van der Waals surface area contributed by atoms with Crippen LogP contribution in [0.4, 0.5) is 5.69 Å². The van der Waals surface area contributed by atoms with E-state index in [0.29, 0.717) is 5.02 Å². The molecule has 0 unspecified atom stereocenters. The lowest BCUT2D eigenvalue weighted by Gasteiger charge is -2.36. The highest BCUT2D eigenvalue weighted by Gasteiger charge is 2.25. The smallest absolute Gasteiger partial charge is 0.354 e. The SMILES string of the molecule is COC(=O)c1ccc(S(=O)(=O)NC(=O)c2ccc(N3CCN(Cc4ccccc4-c4ccc(Cl)cc4)CC3)cc2)n1C. The van der Waals surface area contributed by atoms with Crippen molar-refractivity contribution < 1.29 is 22.7 Å². The van der Waals surface area contributed by atoms with Crippen molar-refractivity contribution in [3.8, 4) is 11.1 Å². The summed E-state index contributed by atoms with van der Waals surface area (Å²) in [7, 11) is -1.59. The molecule has 0 bridgehead atoms. The first-order chi connectivity index (χ1) is 20.2. The first kappa shape index (κ1) is 29.4. The van der Waals surface area contributed by atoms with Crippen LogP contribution in [0.2, 0.25) is 5.02 Å². The van der Waals surface area contributed by atoms with E-state index in [1.807, 2.05) is 42.5 Å². The van der Waals surface area contributed by atoms with Crippen molar-refractivity contribution in [2.75, 3.05) is 38.2 Å². The van der Waals surface area contributed by atoms with Gasteiger partial charge in [-0.2, -0.15) is 8.42 Å². The Morgan fingerprint density at radius 1 is 0.881 bits per heavy atom. The van der Waals surface area contributed by atoms with Crippen LogP contribution in [0.3, 0.4) is 0 Å². The molecular weight excluding hydrogens is 576 g/mol. The third-order valence-electron chi connectivity index (χ3n) is 7.41. The molecule has 5 rings (SSSR count). The van der Waals surface area contributed by atoms with Gasteiger partial charge in [0.15, 0.2) is 5.03 Å². The molecule has 1 amide bonds. The van der Waals surface area contributed by atoms with Crippen LogP contribution in [0.25, 0.3) is 11.1 Å². The molecule has 3 aromatic carbocycles. The minimum absolute atomic E-state index is 0.0561. The molecule has 218 valence electrons. The number of benzene rings is 3. The second kappa shape index (κ2) is 12.4. The predicted octanol–water partition coefficient (Wildman–Crippen LogP) is 4.57. The largest absolute Gasteiger partial charge is 0.464 e. The van der Waals surface area contributed by atoms with Gasteiger partial charge in [-0.15, -0.1) is 0 Å². The van der Waals surface area contributed by atoms with Crippen LogP contribution in [-0.2, 0) is 28.4 Å². The molecule has 1 aliphatic rings. The van der Waals surface area contributed by atoms with Crippen LogP contribution in [-0.4, -0.2) is 63.1 Å². The van der Waals surface area contributed by atoms with E-state index in [1.165, 1.54) is 42.0 Å². The summed E-state index contributed by atoms with van der Waals surface area (Å²) < 4.78 is 33.6. The van der Waals surface area contributed by atoms with Gasteiger partial charge < -0.3 is 14.2 Å². The van der Waals surface area contributed by atoms with Gasteiger partial charge in [-0.1, -0.05) is 48.0 Å². The van der Waals surface area contributed by atoms with Crippen molar-refractivity contribution in [2.24, 2.45) is 7.05 Å². The molecule has 0 radical (unpaired) electrons. The van der Waals surface area contributed by atoms with Crippen molar-refractivity contribution in [1.82, 2.24) is 14.2 Å². The summed E-state index contributed by atoms with van der Waals surface area (Å²) in [6.45, 7) is 4.22. The number of hydrogen-bond acceptors (Lipinski definition) is 7. The minimum Gasteiger partial charge on any atom is -0.464 e. The zero-order valence-corrected chi connectivity index (χ0v) is 24.9. The maximum absolute atomic E-state index is 12.8. The number of carbonyl (C=O) groups excluding carboxylic acids is 2. The van der Waals surface area contributed by atoms with E-state index in [-0.39, 0.29) is 16.3 Å². The number of aromatic nitrogens is 1. The maximum Gasteiger partial charge on any atom is 0.354 e. The summed E-state index contributed by atoms with van der Waals surface area (Å²) >= 11 is 6.08. The Labute approximate surface area is 250 Å². The number of ether oxygens (including phenoxy) is 1. The Morgan fingerprint density at radius 3 is 2.21 bits per heavy atom. The van der Waals surface area contributed by atoms with Gasteiger partial charge >= 0.3 is 5.97 Å². The van der Waals surface area contributed by atoms with Gasteiger partial charge in [0, 0.05) is 56.0 Å². The number of carbonyl (C=O) groups is 2. The Balaban J connectivity index is 1.19. The number of anilines is 1. The highest BCUT2D eigenvalue weighted by molar-refractivity contribution is 7.90. The monoisotopic (exact) mass is 606 g/mol. The molecule has 0 aliphatic carbocycles. The van der Waals surface area contributed by atoms with Crippen LogP contribution in [0.15, 0.2) is 90.0 Å². The predicted molar refractivity (Wildman–Crippen MR) is 162 cm³/mol. The highest BCUT2D eigenvalue weighted by atomic mass is 35.5.